The van der Waals surface area contributed by atoms with Crippen molar-refractivity contribution in [1.82, 2.24) is 10.2 Å². The van der Waals surface area contributed by atoms with Gasteiger partial charge in [0.1, 0.15) is 0 Å². The van der Waals surface area contributed by atoms with Crippen molar-refractivity contribution in [2.75, 3.05) is 31.5 Å². The number of anilines is 1. The first-order valence-electron chi connectivity index (χ1n) is 7.19. The lowest BCUT2D eigenvalue weighted by Gasteiger charge is -2.17. The van der Waals surface area contributed by atoms with E-state index in [9.17, 15) is 14.4 Å². The van der Waals surface area contributed by atoms with Crippen LogP contribution in [-0.4, -0.2) is 48.8 Å². The molecule has 0 spiro atoms. The third-order valence-electron chi connectivity index (χ3n) is 3.25. The standard InChI is InChI=1S/C15H22N4O3/c1-3-19(4-2)10-9-17-14(21)15(22)18-12-8-6-5-7-11(12)13(16)20/h5-8H,3-4,9-10H2,1-2H3,(H2,16,20)(H,17,21)(H,18,22). The van der Waals surface area contributed by atoms with Crippen molar-refractivity contribution >= 4 is 23.4 Å². The number of benzene rings is 1. The van der Waals surface area contributed by atoms with Gasteiger partial charge < -0.3 is 21.3 Å². The molecule has 1 aromatic carbocycles. The number of hydrogen-bond acceptors (Lipinski definition) is 4. The fourth-order valence-corrected chi connectivity index (χ4v) is 1.93. The zero-order chi connectivity index (χ0) is 16.5. The predicted octanol–water partition coefficient (Wildman–Crippen LogP) is 0.182. The SMILES string of the molecule is CCN(CC)CCNC(=O)C(=O)Nc1ccccc1C(N)=O. The molecule has 0 unspecified atom stereocenters. The molecule has 0 saturated carbocycles. The number of para-hydroxylation sites is 1. The monoisotopic (exact) mass is 306 g/mol. The van der Waals surface area contributed by atoms with E-state index in [2.05, 4.69) is 15.5 Å². The molecule has 22 heavy (non-hydrogen) atoms. The zero-order valence-electron chi connectivity index (χ0n) is 12.9. The number of carbonyl (C=O) groups is 3. The Labute approximate surface area is 129 Å². The van der Waals surface area contributed by atoms with Crippen molar-refractivity contribution in [3.63, 3.8) is 0 Å². The van der Waals surface area contributed by atoms with Crippen LogP contribution in [0.5, 0.6) is 0 Å². The molecule has 7 nitrogen and oxygen atoms in total. The minimum absolute atomic E-state index is 0.159. The topological polar surface area (TPSA) is 105 Å². The summed E-state index contributed by atoms with van der Waals surface area (Å²) in [5.41, 5.74) is 5.59. The highest BCUT2D eigenvalue weighted by Gasteiger charge is 2.16. The van der Waals surface area contributed by atoms with Gasteiger partial charge in [0.25, 0.3) is 5.91 Å². The molecule has 120 valence electrons. The molecule has 1 rings (SSSR count). The molecule has 7 heteroatoms. The Morgan fingerprint density at radius 2 is 1.73 bits per heavy atom. The van der Waals surface area contributed by atoms with Crippen molar-refractivity contribution < 1.29 is 14.4 Å². The quantitative estimate of drug-likeness (QED) is 0.625. The average molecular weight is 306 g/mol. The van der Waals surface area contributed by atoms with Crippen molar-refractivity contribution in [1.29, 1.82) is 0 Å². The number of amides is 3. The minimum Gasteiger partial charge on any atom is -0.366 e. The molecule has 0 saturated heterocycles. The van der Waals surface area contributed by atoms with Gasteiger partial charge >= 0.3 is 11.8 Å². The van der Waals surface area contributed by atoms with Gasteiger partial charge in [0.15, 0.2) is 0 Å². The van der Waals surface area contributed by atoms with E-state index in [0.717, 1.165) is 13.1 Å². The Balaban J connectivity index is 2.55. The maximum absolute atomic E-state index is 11.8. The Bertz CT molecular complexity index is 541. The highest BCUT2D eigenvalue weighted by atomic mass is 16.2. The second-order valence-electron chi connectivity index (χ2n) is 4.65. The first-order valence-corrected chi connectivity index (χ1v) is 7.19. The van der Waals surface area contributed by atoms with Crippen LogP contribution in [0.15, 0.2) is 24.3 Å². The van der Waals surface area contributed by atoms with E-state index in [-0.39, 0.29) is 11.3 Å². The lowest BCUT2D eigenvalue weighted by molar-refractivity contribution is -0.136. The zero-order valence-corrected chi connectivity index (χ0v) is 12.9. The van der Waals surface area contributed by atoms with Crippen LogP contribution in [0.2, 0.25) is 0 Å². The smallest absolute Gasteiger partial charge is 0.313 e. The summed E-state index contributed by atoms with van der Waals surface area (Å²) in [7, 11) is 0. The summed E-state index contributed by atoms with van der Waals surface area (Å²) < 4.78 is 0. The van der Waals surface area contributed by atoms with Crippen LogP contribution < -0.4 is 16.4 Å². The summed E-state index contributed by atoms with van der Waals surface area (Å²) >= 11 is 0. The summed E-state index contributed by atoms with van der Waals surface area (Å²) in [6.45, 7) is 6.86. The second-order valence-corrected chi connectivity index (χ2v) is 4.65. The van der Waals surface area contributed by atoms with Crippen molar-refractivity contribution in [2.24, 2.45) is 5.73 Å². The predicted molar refractivity (Wildman–Crippen MR) is 84.4 cm³/mol. The van der Waals surface area contributed by atoms with Crippen molar-refractivity contribution in [2.45, 2.75) is 13.8 Å². The fourth-order valence-electron chi connectivity index (χ4n) is 1.93. The Kier molecular flexibility index (Phi) is 7.04. The van der Waals surface area contributed by atoms with Gasteiger partial charge in [-0.3, -0.25) is 14.4 Å². The molecule has 0 aliphatic heterocycles. The molecule has 0 bridgehead atoms. The molecular formula is C15H22N4O3. The normalized spacial score (nSPS) is 10.3. The highest BCUT2D eigenvalue weighted by Crippen LogP contribution is 2.13. The fraction of sp³-hybridized carbons (Fsp3) is 0.400. The molecule has 0 heterocycles. The number of primary amides is 1. The number of likely N-dealkylation sites (N-methyl/N-ethyl adjacent to an activating group) is 1. The molecule has 1 aromatic rings. The third kappa shape index (κ3) is 5.17. The van der Waals surface area contributed by atoms with Crippen LogP contribution in [0.25, 0.3) is 0 Å². The number of carbonyl (C=O) groups excluding carboxylic acids is 3. The van der Waals surface area contributed by atoms with Crippen molar-refractivity contribution in [3.8, 4) is 0 Å². The summed E-state index contributed by atoms with van der Waals surface area (Å²) in [6.07, 6.45) is 0. The molecule has 3 amide bonds. The largest absolute Gasteiger partial charge is 0.366 e. The molecular weight excluding hydrogens is 284 g/mol. The van der Waals surface area contributed by atoms with Gasteiger partial charge in [-0.1, -0.05) is 26.0 Å². The Hall–Kier alpha value is -2.41. The molecule has 0 radical (unpaired) electrons. The molecule has 0 aliphatic carbocycles. The summed E-state index contributed by atoms with van der Waals surface area (Å²) in [4.78, 5) is 36.9. The van der Waals surface area contributed by atoms with E-state index in [4.69, 9.17) is 5.73 Å². The number of nitrogens with zero attached hydrogens (tertiary/aromatic N) is 1. The van der Waals surface area contributed by atoms with Crippen LogP contribution in [0.4, 0.5) is 5.69 Å². The van der Waals surface area contributed by atoms with Crippen LogP contribution in [0.3, 0.4) is 0 Å². The molecule has 4 N–H and O–H groups in total. The Morgan fingerprint density at radius 1 is 1.09 bits per heavy atom. The van der Waals surface area contributed by atoms with Crippen LogP contribution in [-0.2, 0) is 9.59 Å². The van der Waals surface area contributed by atoms with Gasteiger partial charge in [-0.25, -0.2) is 0 Å². The van der Waals surface area contributed by atoms with Gasteiger partial charge in [0, 0.05) is 13.1 Å². The van der Waals surface area contributed by atoms with Crippen LogP contribution in [0.1, 0.15) is 24.2 Å². The summed E-state index contributed by atoms with van der Waals surface area (Å²) in [6, 6.07) is 6.26. The first-order chi connectivity index (χ1) is 10.5. The summed E-state index contributed by atoms with van der Waals surface area (Å²) in [5.74, 6) is -2.24. The van der Waals surface area contributed by atoms with Gasteiger partial charge in [-0.2, -0.15) is 0 Å². The minimum atomic E-state index is -0.826. The average Bonchev–Trinajstić information content (AvgIpc) is 2.51. The van der Waals surface area contributed by atoms with Gasteiger partial charge in [-0.05, 0) is 25.2 Å². The van der Waals surface area contributed by atoms with Crippen molar-refractivity contribution in [3.05, 3.63) is 29.8 Å². The van der Waals surface area contributed by atoms with Gasteiger partial charge in [0.2, 0.25) is 0 Å². The van der Waals surface area contributed by atoms with E-state index in [1.54, 1.807) is 12.1 Å². The van der Waals surface area contributed by atoms with E-state index < -0.39 is 17.7 Å². The number of nitrogens with one attached hydrogen (secondary N) is 2. The molecule has 0 aromatic heterocycles. The molecule has 0 aliphatic rings. The summed E-state index contributed by atoms with van der Waals surface area (Å²) in [5, 5.41) is 4.93. The third-order valence-corrected chi connectivity index (χ3v) is 3.25. The van der Waals surface area contributed by atoms with E-state index >= 15 is 0 Å². The molecule has 0 atom stereocenters. The van der Waals surface area contributed by atoms with E-state index in [0.29, 0.717) is 13.1 Å². The maximum Gasteiger partial charge on any atom is 0.313 e. The first kappa shape index (κ1) is 17.6. The lowest BCUT2D eigenvalue weighted by atomic mass is 10.1. The van der Waals surface area contributed by atoms with E-state index in [1.165, 1.54) is 12.1 Å². The molecule has 0 fully saturated rings. The maximum atomic E-state index is 11.8. The van der Waals surface area contributed by atoms with Gasteiger partial charge in [-0.15, -0.1) is 0 Å². The van der Waals surface area contributed by atoms with Crippen LogP contribution in [0, 0.1) is 0 Å². The highest BCUT2D eigenvalue weighted by molar-refractivity contribution is 6.40. The Morgan fingerprint density at radius 3 is 2.32 bits per heavy atom. The number of hydrogen-bond donors (Lipinski definition) is 3. The second kappa shape index (κ2) is 8.78. The number of nitrogens with two attached hydrogens (primary N) is 1. The number of rotatable bonds is 7. The van der Waals surface area contributed by atoms with E-state index in [1.807, 2.05) is 13.8 Å². The van der Waals surface area contributed by atoms with Gasteiger partial charge in [0.05, 0.1) is 11.3 Å². The lowest BCUT2D eigenvalue weighted by Crippen LogP contribution is -2.40. The van der Waals surface area contributed by atoms with Crippen LogP contribution >= 0.6 is 0 Å².